The number of aromatic nitrogens is 2. The standard InChI is InChI=1S/C12H21N5O/c1-5-6-10-15-11(14-3)8(2)12(16-10)17(4)7-9(13)18/h5-7H2,1-4H3,(H2,13,18)(H,14,15,16). The van der Waals surface area contributed by atoms with E-state index in [1.54, 1.807) is 11.9 Å². The Morgan fingerprint density at radius 3 is 2.61 bits per heavy atom. The molecule has 0 radical (unpaired) electrons. The van der Waals surface area contributed by atoms with Crippen LogP contribution < -0.4 is 16.0 Å². The molecule has 0 aliphatic heterocycles. The summed E-state index contributed by atoms with van der Waals surface area (Å²) in [5, 5.41) is 3.05. The van der Waals surface area contributed by atoms with Crippen molar-refractivity contribution in [1.29, 1.82) is 0 Å². The van der Waals surface area contributed by atoms with E-state index in [4.69, 9.17) is 5.73 Å². The van der Waals surface area contributed by atoms with Gasteiger partial charge in [0.25, 0.3) is 0 Å². The van der Waals surface area contributed by atoms with Crippen LogP contribution in [0.3, 0.4) is 0 Å². The number of nitrogens with zero attached hydrogens (tertiary/aromatic N) is 3. The number of nitrogens with one attached hydrogen (secondary N) is 1. The predicted molar refractivity (Wildman–Crippen MR) is 72.8 cm³/mol. The summed E-state index contributed by atoms with van der Waals surface area (Å²) in [4.78, 5) is 21.7. The molecule has 0 bridgehead atoms. The first-order chi connectivity index (χ1) is 8.49. The number of carbonyl (C=O) groups is 1. The summed E-state index contributed by atoms with van der Waals surface area (Å²) in [6.07, 6.45) is 1.79. The molecule has 0 fully saturated rings. The number of anilines is 2. The summed E-state index contributed by atoms with van der Waals surface area (Å²) in [5.41, 5.74) is 6.13. The molecule has 0 atom stereocenters. The Bertz CT molecular complexity index is 433. The van der Waals surface area contributed by atoms with Crippen LogP contribution in [0.25, 0.3) is 0 Å². The van der Waals surface area contributed by atoms with E-state index in [2.05, 4.69) is 22.2 Å². The first kappa shape index (κ1) is 14.2. The number of carbonyl (C=O) groups excluding carboxylic acids is 1. The molecule has 0 saturated carbocycles. The molecular weight excluding hydrogens is 230 g/mol. The van der Waals surface area contributed by atoms with Gasteiger partial charge in [-0.2, -0.15) is 0 Å². The van der Waals surface area contributed by atoms with Gasteiger partial charge in [-0.05, 0) is 13.3 Å². The minimum Gasteiger partial charge on any atom is -0.373 e. The van der Waals surface area contributed by atoms with E-state index >= 15 is 0 Å². The highest BCUT2D eigenvalue weighted by molar-refractivity contribution is 5.79. The highest BCUT2D eigenvalue weighted by atomic mass is 16.1. The summed E-state index contributed by atoms with van der Waals surface area (Å²) in [7, 11) is 3.62. The Labute approximate surface area is 108 Å². The van der Waals surface area contributed by atoms with Crippen LogP contribution in [0.2, 0.25) is 0 Å². The lowest BCUT2D eigenvalue weighted by molar-refractivity contribution is -0.116. The molecule has 1 aromatic rings. The number of primary amides is 1. The van der Waals surface area contributed by atoms with Crippen molar-refractivity contribution in [3.63, 3.8) is 0 Å². The van der Waals surface area contributed by atoms with Crippen molar-refractivity contribution in [3.8, 4) is 0 Å². The number of rotatable bonds is 6. The van der Waals surface area contributed by atoms with Gasteiger partial charge in [0, 0.05) is 26.1 Å². The van der Waals surface area contributed by atoms with Crippen LogP contribution in [0, 0.1) is 6.92 Å². The maximum absolute atomic E-state index is 11.0. The highest BCUT2D eigenvalue weighted by Gasteiger charge is 2.14. The van der Waals surface area contributed by atoms with Crippen LogP contribution in [-0.4, -0.2) is 36.5 Å². The summed E-state index contributed by atoms with van der Waals surface area (Å²) in [5.74, 6) is 1.94. The van der Waals surface area contributed by atoms with Crippen molar-refractivity contribution < 1.29 is 4.79 Å². The Balaban J connectivity index is 3.15. The Morgan fingerprint density at radius 1 is 1.44 bits per heavy atom. The third-order valence-corrected chi connectivity index (χ3v) is 2.63. The van der Waals surface area contributed by atoms with Gasteiger partial charge in [0.2, 0.25) is 5.91 Å². The van der Waals surface area contributed by atoms with Gasteiger partial charge in [0.1, 0.15) is 17.5 Å². The number of likely N-dealkylation sites (N-methyl/N-ethyl adjacent to an activating group) is 1. The second kappa shape index (κ2) is 6.18. The molecule has 0 aromatic carbocycles. The molecule has 1 amide bonds. The quantitative estimate of drug-likeness (QED) is 0.777. The molecule has 1 aromatic heterocycles. The smallest absolute Gasteiger partial charge is 0.236 e. The molecule has 0 aliphatic carbocycles. The van der Waals surface area contributed by atoms with Gasteiger partial charge in [-0.25, -0.2) is 9.97 Å². The summed E-state index contributed by atoms with van der Waals surface area (Å²) < 4.78 is 0. The molecule has 0 saturated heterocycles. The second-order valence-electron chi connectivity index (χ2n) is 4.26. The third kappa shape index (κ3) is 3.32. The first-order valence-electron chi connectivity index (χ1n) is 6.04. The van der Waals surface area contributed by atoms with Crippen LogP contribution in [0.5, 0.6) is 0 Å². The van der Waals surface area contributed by atoms with Gasteiger partial charge < -0.3 is 16.0 Å². The summed E-state index contributed by atoms with van der Waals surface area (Å²) >= 11 is 0. The summed E-state index contributed by atoms with van der Waals surface area (Å²) in [6.45, 7) is 4.15. The van der Waals surface area contributed by atoms with Crippen LogP contribution >= 0.6 is 0 Å². The number of nitrogens with two attached hydrogens (primary N) is 1. The molecular formula is C12H21N5O. The molecule has 100 valence electrons. The maximum atomic E-state index is 11.0. The van der Waals surface area contributed by atoms with E-state index in [9.17, 15) is 4.79 Å². The molecule has 0 unspecified atom stereocenters. The van der Waals surface area contributed by atoms with E-state index in [0.29, 0.717) is 0 Å². The number of hydrogen-bond acceptors (Lipinski definition) is 5. The minimum absolute atomic E-state index is 0.145. The number of amides is 1. The van der Waals surface area contributed by atoms with Crippen LogP contribution in [0.1, 0.15) is 24.7 Å². The lowest BCUT2D eigenvalue weighted by Gasteiger charge is -2.20. The van der Waals surface area contributed by atoms with Gasteiger partial charge in [-0.3, -0.25) is 4.79 Å². The van der Waals surface area contributed by atoms with Crippen LogP contribution in [-0.2, 0) is 11.2 Å². The van der Waals surface area contributed by atoms with Gasteiger partial charge >= 0.3 is 0 Å². The van der Waals surface area contributed by atoms with Gasteiger partial charge in [0.15, 0.2) is 0 Å². The van der Waals surface area contributed by atoms with Crippen molar-refractivity contribution in [2.24, 2.45) is 5.73 Å². The normalized spacial score (nSPS) is 10.2. The van der Waals surface area contributed by atoms with Crippen molar-refractivity contribution in [2.45, 2.75) is 26.7 Å². The van der Waals surface area contributed by atoms with E-state index in [1.165, 1.54) is 0 Å². The Kier molecular flexibility index (Phi) is 4.88. The predicted octanol–water partition coefficient (Wildman–Crippen LogP) is 0.701. The first-order valence-corrected chi connectivity index (χ1v) is 6.04. The minimum atomic E-state index is -0.376. The fraction of sp³-hybridized carbons (Fsp3) is 0.583. The van der Waals surface area contributed by atoms with E-state index in [-0.39, 0.29) is 12.5 Å². The molecule has 1 heterocycles. The largest absolute Gasteiger partial charge is 0.373 e. The van der Waals surface area contributed by atoms with Crippen LogP contribution in [0.4, 0.5) is 11.6 Å². The number of aryl methyl sites for hydroxylation is 1. The molecule has 1 rings (SSSR count). The molecule has 18 heavy (non-hydrogen) atoms. The van der Waals surface area contributed by atoms with Crippen molar-refractivity contribution in [1.82, 2.24) is 9.97 Å². The zero-order valence-corrected chi connectivity index (χ0v) is 11.4. The number of hydrogen-bond donors (Lipinski definition) is 2. The average molecular weight is 251 g/mol. The molecule has 3 N–H and O–H groups in total. The third-order valence-electron chi connectivity index (χ3n) is 2.63. The van der Waals surface area contributed by atoms with Gasteiger partial charge in [-0.1, -0.05) is 6.92 Å². The Hall–Kier alpha value is -1.85. The average Bonchev–Trinajstić information content (AvgIpc) is 2.30. The lowest BCUT2D eigenvalue weighted by Crippen LogP contribution is -2.32. The Morgan fingerprint density at radius 2 is 2.11 bits per heavy atom. The highest BCUT2D eigenvalue weighted by Crippen LogP contribution is 2.22. The SMILES string of the molecule is CCCc1nc(NC)c(C)c(N(C)CC(N)=O)n1. The monoisotopic (exact) mass is 251 g/mol. The fourth-order valence-electron chi connectivity index (χ4n) is 1.81. The fourth-order valence-corrected chi connectivity index (χ4v) is 1.81. The second-order valence-corrected chi connectivity index (χ2v) is 4.26. The molecule has 6 nitrogen and oxygen atoms in total. The van der Waals surface area contributed by atoms with Crippen molar-refractivity contribution >= 4 is 17.5 Å². The van der Waals surface area contributed by atoms with E-state index in [1.807, 2.05) is 14.0 Å². The van der Waals surface area contributed by atoms with Crippen LogP contribution in [0.15, 0.2) is 0 Å². The summed E-state index contributed by atoms with van der Waals surface area (Å²) in [6, 6.07) is 0. The van der Waals surface area contributed by atoms with E-state index in [0.717, 1.165) is 35.9 Å². The molecule has 6 heteroatoms. The van der Waals surface area contributed by atoms with Gasteiger partial charge in [0.05, 0.1) is 6.54 Å². The molecule has 0 spiro atoms. The zero-order chi connectivity index (χ0) is 13.7. The zero-order valence-electron chi connectivity index (χ0n) is 11.4. The van der Waals surface area contributed by atoms with Crippen molar-refractivity contribution in [2.75, 3.05) is 30.9 Å². The topological polar surface area (TPSA) is 84.1 Å². The lowest BCUT2D eigenvalue weighted by atomic mass is 10.2. The van der Waals surface area contributed by atoms with E-state index < -0.39 is 0 Å². The van der Waals surface area contributed by atoms with Gasteiger partial charge in [-0.15, -0.1) is 0 Å². The molecule has 0 aliphatic rings. The maximum Gasteiger partial charge on any atom is 0.236 e. The van der Waals surface area contributed by atoms with Crippen molar-refractivity contribution in [3.05, 3.63) is 11.4 Å².